The molecule has 1 amide bonds. The number of hydrazone groups is 1. The Hall–Kier alpha value is -3.28. The van der Waals surface area contributed by atoms with E-state index in [2.05, 4.69) is 20.5 Å². The van der Waals surface area contributed by atoms with Gasteiger partial charge in [0.25, 0.3) is 5.91 Å². The molecule has 3 heterocycles. The highest BCUT2D eigenvalue weighted by Crippen LogP contribution is 2.25. The number of aromatic nitrogens is 3. The van der Waals surface area contributed by atoms with Gasteiger partial charge in [0.05, 0.1) is 11.3 Å². The Bertz CT molecular complexity index is 1030. The summed E-state index contributed by atoms with van der Waals surface area (Å²) in [5.74, 6) is -0.233. The molecule has 0 unspecified atom stereocenters. The first-order chi connectivity index (χ1) is 11.6. The lowest BCUT2D eigenvalue weighted by Gasteiger charge is -2.03. The maximum absolute atomic E-state index is 12.3. The number of nitrogens with zero attached hydrogens (tertiary/aromatic N) is 4. The molecule has 0 saturated heterocycles. The highest BCUT2D eigenvalue weighted by atomic mass is 16.2. The molecule has 4 rings (SSSR count). The van der Waals surface area contributed by atoms with Crippen LogP contribution in [0.2, 0.25) is 0 Å². The fourth-order valence-corrected chi connectivity index (χ4v) is 2.93. The van der Waals surface area contributed by atoms with Gasteiger partial charge in [0, 0.05) is 42.1 Å². The van der Waals surface area contributed by atoms with E-state index < -0.39 is 0 Å². The second-order valence-electron chi connectivity index (χ2n) is 5.66. The number of para-hydroxylation sites is 1. The molecule has 24 heavy (non-hydrogen) atoms. The molecule has 1 aliphatic heterocycles. The van der Waals surface area contributed by atoms with Gasteiger partial charge in [-0.25, -0.2) is 5.43 Å². The summed E-state index contributed by atoms with van der Waals surface area (Å²) in [5.41, 5.74) is 6.97. The van der Waals surface area contributed by atoms with E-state index in [9.17, 15) is 4.79 Å². The number of aryl methyl sites for hydroxylation is 2. The van der Waals surface area contributed by atoms with Gasteiger partial charge in [-0.1, -0.05) is 18.2 Å². The van der Waals surface area contributed by atoms with Gasteiger partial charge in [-0.05, 0) is 19.1 Å². The molecule has 1 N–H and O–H groups in total. The van der Waals surface area contributed by atoms with Crippen molar-refractivity contribution in [1.29, 1.82) is 0 Å². The van der Waals surface area contributed by atoms with Crippen molar-refractivity contribution in [2.75, 3.05) is 0 Å². The zero-order chi connectivity index (χ0) is 16.7. The second-order valence-corrected chi connectivity index (χ2v) is 5.66. The van der Waals surface area contributed by atoms with E-state index in [1.165, 1.54) is 0 Å². The van der Waals surface area contributed by atoms with Crippen molar-refractivity contribution >= 4 is 28.6 Å². The van der Waals surface area contributed by atoms with Crippen molar-refractivity contribution in [3.05, 3.63) is 65.4 Å². The molecule has 0 aliphatic carbocycles. The summed E-state index contributed by atoms with van der Waals surface area (Å²) >= 11 is 0. The van der Waals surface area contributed by atoms with Gasteiger partial charge in [0.2, 0.25) is 0 Å². The molecule has 0 atom stereocenters. The zero-order valence-electron chi connectivity index (χ0n) is 13.3. The van der Waals surface area contributed by atoms with Crippen LogP contribution in [0, 0.1) is 6.92 Å². The van der Waals surface area contributed by atoms with Gasteiger partial charge in [-0.3, -0.25) is 14.8 Å². The number of hydrogen-bond acceptors (Lipinski definition) is 4. The molecule has 2 aromatic heterocycles. The Balaban J connectivity index is 1.87. The molecule has 6 heteroatoms. The first-order valence-corrected chi connectivity index (χ1v) is 7.57. The van der Waals surface area contributed by atoms with Crippen LogP contribution in [0.4, 0.5) is 0 Å². The van der Waals surface area contributed by atoms with Gasteiger partial charge in [0.1, 0.15) is 11.4 Å². The number of amides is 1. The van der Waals surface area contributed by atoms with Crippen molar-refractivity contribution in [2.24, 2.45) is 12.1 Å². The van der Waals surface area contributed by atoms with Crippen LogP contribution in [-0.4, -0.2) is 26.2 Å². The third-order valence-corrected chi connectivity index (χ3v) is 4.10. The Kier molecular flexibility index (Phi) is 3.23. The van der Waals surface area contributed by atoms with Crippen LogP contribution in [0.5, 0.6) is 0 Å². The van der Waals surface area contributed by atoms with Gasteiger partial charge in [-0.2, -0.15) is 5.10 Å². The third kappa shape index (κ3) is 2.20. The summed E-state index contributed by atoms with van der Waals surface area (Å²) in [6.07, 6.45) is 7.09. The molecule has 1 aliphatic rings. The molecule has 6 nitrogen and oxygen atoms in total. The third-order valence-electron chi connectivity index (χ3n) is 4.10. The number of fused-ring (bicyclic) bond motifs is 1. The summed E-state index contributed by atoms with van der Waals surface area (Å²) in [4.78, 5) is 20.8. The van der Waals surface area contributed by atoms with Gasteiger partial charge in [-0.15, -0.1) is 0 Å². The van der Waals surface area contributed by atoms with Gasteiger partial charge in [0.15, 0.2) is 0 Å². The number of hydrogen-bond donors (Lipinski definition) is 1. The molecule has 0 bridgehead atoms. The van der Waals surface area contributed by atoms with E-state index >= 15 is 0 Å². The Morgan fingerprint density at radius 3 is 2.79 bits per heavy atom. The van der Waals surface area contributed by atoms with Crippen LogP contribution in [0.25, 0.3) is 17.0 Å². The average Bonchev–Trinajstić information content (AvgIpc) is 3.10. The first kappa shape index (κ1) is 14.3. The normalized spacial score (nSPS) is 15.8. The lowest BCUT2D eigenvalue weighted by molar-refractivity contribution is -0.116. The number of carbonyl (C=O) groups is 1. The summed E-state index contributed by atoms with van der Waals surface area (Å²) in [6, 6.07) is 8.07. The van der Waals surface area contributed by atoms with Crippen LogP contribution in [0.15, 0.2) is 53.5 Å². The molecule has 118 valence electrons. The molecule has 1 aromatic carbocycles. The van der Waals surface area contributed by atoms with Crippen LogP contribution in [0.1, 0.15) is 17.0 Å². The smallest absolute Gasteiger partial charge is 0.273 e. The summed E-state index contributed by atoms with van der Waals surface area (Å²) in [7, 11) is 1.99. The van der Waals surface area contributed by atoms with E-state index in [-0.39, 0.29) is 5.91 Å². The number of carbonyl (C=O) groups excluding carboxylic acids is 1. The van der Waals surface area contributed by atoms with Crippen LogP contribution >= 0.6 is 0 Å². The number of rotatable bonds is 2. The second kappa shape index (κ2) is 5.42. The minimum atomic E-state index is -0.233. The SMILES string of the molecule is Cc1nccnc1C1=NNC(=O)/C1=C\c1cn(C)c2ccccc12. The standard InChI is InChI=1S/C18H15N5O/c1-11-16(20-8-7-19-11)17-14(18(24)22-21-17)9-12-10-23(2)15-6-4-3-5-13(12)15/h3-10H,1-2H3,(H,22,24)/b14-9-. The van der Waals surface area contributed by atoms with E-state index in [1.54, 1.807) is 12.4 Å². The monoisotopic (exact) mass is 317 g/mol. The van der Waals surface area contributed by atoms with E-state index in [4.69, 9.17) is 0 Å². The summed E-state index contributed by atoms with van der Waals surface area (Å²) < 4.78 is 2.04. The van der Waals surface area contributed by atoms with E-state index in [0.717, 1.165) is 22.2 Å². The molecule has 0 radical (unpaired) electrons. The molecule has 0 spiro atoms. The lowest BCUT2D eigenvalue weighted by Crippen LogP contribution is -2.14. The Labute approximate surface area is 138 Å². The predicted octanol–water partition coefficient (Wildman–Crippen LogP) is 2.19. The number of benzene rings is 1. The molecular formula is C18H15N5O. The van der Waals surface area contributed by atoms with E-state index in [1.807, 2.05) is 55.1 Å². The van der Waals surface area contributed by atoms with Gasteiger partial charge >= 0.3 is 0 Å². The van der Waals surface area contributed by atoms with Crippen molar-refractivity contribution in [3.8, 4) is 0 Å². The van der Waals surface area contributed by atoms with Crippen molar-refractivity contribution in [2.45, 2.75) is 6.92 Å². The fraction of sp³-hybridized carbons (Fsp3) is 0.111. The minimum absolute atomic E-state index is 0.233. The highest BCUT2D eigenvalue weighted by molar-refractivity contribution is 6.33. The van der Waals surface area contributed by atoms with Crippen molar-refractivity contribution in [3.63, 3.8) is 0 Å². The Morgan fingerprint density at radius 1 is 1.17 bits per heavy atom. The molecular weight excluding hydrogens is 302 g/mol. The maximum atomic E-state index is 12.3. The maximum Gasteiger partial charge on any atom is 0.273 e. The largest absolute Gasteiger partial charge is 0.350 e. The van der Waals surface area contributed by atoms with Gasteiger partial charge < -0.3 is 4.57 Å². The first-order valence-electron chi connectivity index (χ1n) is 7.57. The average molecular weight is 317 g/mol. The lowest BCUT2D eigenvalue weighted by atomic mass is 10.0. The van der Waals surface area contributed by atoms with Crippen LogP contribution < -0.4 is 5.43 Å². The Morgan fingerprint density at radius 2 is 1.96 bits per heavy atom. The minimum Gasteiger partial charge on any atom is -0.350 e. The quantitative estimate of drug-likeness (QED) is 0.736. The highest BCUT2D eigenvalue weighted by Gasteiger charge is 2.26. The topological polar surface area (TPSA) is 72.2 Å². The van der Waals surface area contributed by atoms with Crippen molar-refractivity contribution < 1.29 is 4.79 Å². The molecule has 3 aromatic rings. The molecule has 0 saturated carbocycles. The van der Waals surface area contributed by atoms with Crippen molar-refractivity contribution in [1.82, 2.24) is 20.0 Å². The van der Waals surface area contributed by atoms with E-state index in [0.29, 0.717) is 17.0 Å². The zero-order valence-corrected chi connectivity index (χ0v) is 13.3. The summed E-state index contributed by atoms with van der Waals surface area (Å²) in [5, 5.41) is 5.24. The van der Waals surface area contributed by atoms with Crippen LogP contribution in [-0.2, 0) is 11.8 Å². The number of nitrogens with one attached hydrogen (secondary N) is 1. The van der Waals surface area contributed by atoms with Crippen LogP contribution in [0.3, 0.4) is 0 Å². The molecule has 0 fully saturated rings. The predicted molar refractivity (Wildman–Crippen MR) is 92.3 cm³/mol. The summed E-state index contributed by atoms with van der Waals surface area (Å²) in [6.45, 7) is 1.85. The fourth-order valence-electron chi connectivity index (χ4n) is 2.93.